The van der Waals surface area contributed by atoms with E-state index in [1.165, 1.54) is 21.0 Å². The molecule has 128 valence electrons. The van der Waals surface area contributed by atoms with Crippen LogP contribution in [0.4, 0.5) is 0 Å². The second-order valence-corrected chi connectivity index (χ2v) is 6.51. The number of ketones is 1. The summed E-state index contributed by atoms with van der Waals surface area (Å²) in [4.78, 5) is 23.3. The maximum Gasteiger partial charge on any atom is 0.308 e. The predicted molar refractivity (Wildman–Crippen MR) is 97.0 cm³/mol. The monoisotopic (exact) mass is 412 g/mol. The van der Waals surface area contributed by atoms with Gasteiger partial charge < -0.3 is 20.1 Å². The largest absolute Gasteiger partial charge is 0.493 e. The van der Waals surface area contributed by atoms with E-state index in [-0.39, 0.29) is 5.78 Å². The molecule has 1 aromatic carbocycles. The summed E-state index contributed by atoms with van der Waals surface area (Å²) < 4.78 is 11.1. The highest BCUT2D eigenvalue weighted by atomic mass is 79.9. The highest BCUT2D eigenvalue weighted by Gasteiger charge is 2.30. The fraction of sp³-hybridized carbons (Fsp3) is 0.312. The molecule has 1 atom stereocenters. The van der Waals surface area contributed by atoms with Gasteiger partial charge in [0.1, 0.15) is 0 Å². The summed E-state index contributed by atoms with van der Waals surface area (Å²) in [5, 5.41) is 6.48. The van der Waals surface area contributed by atoms with Crippen LogP contribution < -0.4 is 20.1 Å². The third-order valence-electron chi connectivity index (χ3n) is 3.50. The first-order chi connectivity index (χ1) is 11.2. The molecule has 0 spiro atoms. The molecule has 0 bridgehead atoms. The van der Waals surface area contributed by atoms with E-state index >= 15 is 0 Å². The second kappa shape index (κ2) is 7.31. The highest BCUT2D eigenvalue weighted by molar-refractivity contribution is 9.10. The van der Waals surface area contributed by atoms with Crippen molar-refractivity contribution in [3.05, 3.63) is 33.4 Å². The van der Waals surface area contributed by atoms with Crippen LogP contribution in [0.3, 0.4) is 0 Å². The van der Waals surface area contributed by atoms with E-state index in [1.807, 2.05) is 0 Å². The van der Waals surface area contributed by atoms with Crippen LogP contribution in [-0.4, -0.2) is 24.0 Å². The van der Waals surface area contributed by atoms with Crippen LogP contribution in [0.5, 0.6) is 11.5 Å². The van der Waals surface area contributed by atoms with Crippen molar-refractivity contribution in [3.63, 3.8) is 0 Å². The van der Waals surface area contributed by atoms with Crippen molar-refractivity contribution in [1.82, 2.24) is 10.6 Å². The van der Waals surface area contributed by atoms with E-state index < -0.39 is 12.0 Å². The van der Waals surface area contributed by atoms with Gasteiger partial charge in [-0.15, -0.1) is 0 Å². The van der Waals surface area contributed by atoms with Crippen molar-refractivity contribution in [2.45, 2.75) is 26.8 Å². The molecule has 6 nitrogen and oxygen atoms in total. The van der Waals surface area contributed by atoms with E-state index in [9.17, 15) is 9.59 Å². The third kappa shape index (κ3) is 3.76. The number of Topliss-reactive ketones (excluding diaryl/α,β-unsaturated/α-hetero) is 1. The van der Waals surface area contributed by atoms with E-state index in [1.54, 1.807) is 19.1 Å². The molecule has 0 aromatic heterocycles. The van der Waals surface area contributed by atoms with E-state index in [4.69, 9.17) is 21.7 Å². The molecule has 1 aliphatic rings. The fourth-order valence-corrected chi connectivity index (χ4v) is 3.38. The number of benzene rings is 1. The number of carbonyl (C=O) groups excluding carboxylic acids is 2. The van der Waals surface area contributed by atoms with Gasteiger partial charge in [0.25, 0.3) is 0 Å². The normalized spacial score (nSPS) is 17.0. The number of hydrogen-bond acceptors (Lipinski definition) is 5. The predicted octanol–water partition coefficient (Wildman–Crippen LogP) is 2.76. The lowest BCUT2D eigenvalue weighted by molar-refractivity contribution is -0.132. The molecule has 0 saturated carbocycles. The van der Waals surface area contributed by atoms with Gasteiger partial charge in [0.05, 0.1) is 13.2 Å². The molecule has 24 heavy (non-hydrogen) atoms. The summed E-state index contributed by atoms with van der Waals surface area (Å²) in [6.07, 6.45) is 0. The number of rotatable bonds is 4. The zero-order chi connectivity index (χ0) is 18.0. The van der Waals surface area contributed by atoms with Crippen molar-refractivity contribution in [2.75, 3.05) is 7.11 Å². The number of carbonyl (C=O) groups is 2. The van der Waals surface area contributed by atoms with Crippen molar-refractivity contribution in [2.24, 2.45) is 0 Å². The quantitative estimate of drug-likeness (QED) is 0.447. The summed E-state index contributed by atoms with van der Waals surface area (Å²) in [5.74, 6) is 0.154. The Bertz CT molecular complexity index is 761. The van der Waals surface area contributed by atoms with E-state index in [2.05, 4.69) is 26.6 Å². The Hall–Kier alpha value is -1.93. The van der Waals surface area contributed by atoms with E-state index in [0.717, 1.165) is 5.56 Å². The Kier molecular flexibility index (Phi) is 5.61. The minimum Gasteiger partial charge on any atom is -0.493 e. The number of methoxy groups -OCH3 is 1. The van der Waals surface area contributed by atoms with Gasteiger partial charge in [-0.3, -0.25) is 9.59 Å². The molecule has 0 radical (unpaired) electrons. The Balaban J connectivity index is 2.58. The summed E-state index contributed by atoms with van der Waals surface area (Å²) in [6.45, 7) is 4.62. The number of hydrogen-bond donors (Lipinski definition) is 2. The summed E-state index contributed by atoms with van der Waals surface area (Å²) >= 11 is 8.67. The topological polar surface area (TPSA) is 76.7 Å². The summed E-state index contributed by atoms with van der Waals surface area (Å²) in [5.41, 5.74) is 2.02. The Morgan fingerprint density at radius 2 is 1.92 bits per heavy atom. The number of halogens is 1. The number of allylic oxidation sites excluding steroid dienone is 1. The van der Waals surface area contributed by atoms with Gasteiger partial charge in [-0.05, 0) is 43.8 Å². The van der Waals surface area contributed by atoms with Crippen molar-refractivity contribution >= 4 is 45.0 Å². The van der Waals surface area contributed by atoms with E-state index in [0.29, 0.717) is 32.4 Å². The van der Waals surface area contributed by atoms with Crippen molar-refractivity contribution < 1.29 is 19.1 Å². The zero-order valence-electron chi connectivity index (χ0n) is 13.7. The summed E-state index contributed by atoms with van der Waals surface area (Å²) in [7, 11) is 1.48. The number of thiocarbonyl (C=S) groups is 1. The molecule has 1 heterocycles. The van der Waals surface area contributed by atoms with Crippen LogP contribution in [0.1, 0.15) is 32.4 Å². The number of ether oxygens (including phenoxy) is 2. The van der Waals surface area contributed by atoms with Crippen LogP contribution in [0.2, 0.25) is 0 Å². The molecule has 0 fully saturated rings. The lowest BCUT2D eigenvalue weighted by atomic mass is 9.93. The van der Waals surface area contributed by atoms with Gasteiger partial charge in [0.2, 0.25) is 0 Å². The lowest BCUT2D eigenvalue weighted by Gasteiger charge is -2.30. The molecule has 2 rings (SSSR count). The first-order valence-electron chi connectivity index (χ1n) is 7.09. The fourth-order valence-electron chi connectivity index (χ4n) is 2.56. The average Bonchev–Trinajstić information content (AvgIpc) is 2.45. The van der Waals surface area contributed by atoms with Crippen molar-refractivity contribution in [3.8, 4) is 11.5 Å². The minimum atomic E-state index is -0.450. The average molecular weight is 413 g/mol. The van der Waals surface area contributed by atoms with Crippen LogP contribution in [0, 0.1) is 0 Å². The van der Waals surface area contributed by atoms with Gasteiger partial charge >= 0.3 is 5.97 Å². The second-order valence-electron chi connectivity index (χ2n) is 5.24. The van der Waals surface area contributed by atoms with Gasteiger partial charge in [0, 0.05) is 22.7 Å². The molecule has 0 saturated heterocycles. The number of nitrogens with one attached hydrogen (secondary N) is 2. The first-order valence-corrected chi connectivity index (χ1v) is 8.29. The van der Waals surface area contributed by atoms with Gasteiger partial charge in [-0.1, -0.05) is 15.9 Å². The zero-order valence-corrected chi connectivity index (χ0v) is 16.1. The molecular formula is C16H17BrN2O4S. The molecule has 8 heteroatoms. The molecular weight excluding hydrogens is 396 g/mol. The molecule has 1 unspecified atom stereocenters. The van der Waals surface area contributed by atoms with Crippen LogP contribution in [0.15, 0.2) is 27.9 Å². The molecule has 0 amide bonds. The van der Waals surface area contributed by atoms with Crippen LogP contribution in [0.25, 0.3) is 0 Å². The Labute approximate surface area is 153 Å². The molecule has 1 aliphatic heterocycles. The Morgan fingerprint density at radius 3 is 2.46 bits per heavy atom. The number of esters is 1. The molecule has 1 aromatic rings. The third-order valence-corrected chi connectivity index (χ3v) is 4.40. The summed E-state index contributed by atoms with van der Waals surface area (Å²) in [6, 6.07) is 2.91. The standard InChI is InChI=1S/C16H17BrN2O4S/c1-7-14(8(2)20)15(19-16(24)18-7)10-5-12(22-4)13(6-11(10)17)23-9(3)21/h5-6,15H,1-4H3,(H2,18,19,24). The smallest absolute Gasteiger partial charge is 0.308 e. The van der Waals surface area contributed by atoms with Gasteiger partial charge in [-0.2, -0.15) is 0 Å². The molecule has 0 aliphatic carbocycles. The van der Waals surface area contributed by atoms with Crippen molar-refractivity contribution in [1.29, 1.82) is 0 Å². The van der Waals surface area contributed by atoms with Crippen LogP contribution >= 0.6 is 28.1 Å². The van der Waals surface area contributed by atoms with Gasteiger partial charge in [0.15, 0.2) is 22.4 Å². The van der Waals surface area contributed by atoms with Crippen LogP contribution in [-0.2, 0) is 9.59 Å². The first kappa shape index (κ1) is 18.4. The molecule has 2 N–H and O–H groups in total. The maximum atomic E-state index is 12.1. The van der Waals surface area contributed by atoms with Gasteiger partial charge in [-0.25, -0.2) is 0 Å². The maximum absolute atomic E-state index is 12.1. The SMILES string of the molecule is COc1cc(C2NC(=S)NC(C)=C2C(C)=O)c(Br)cc1OC(C)=O. The highest BCUT2D eigenvalue weighted by Crippen LogP contribution is 2.39. The Morgan fingerprint density at radius 1 is 1.25 bits per heavy atom. The minimum absolute atomic E-state index is 0.0741. The lowest BCUT2D eigenvalue weighted by Crippen LogP contribution is -2.44.